The Hall–Kier alpha value is -3.24. The molecule has 2 atom stereocenters. The van der Waals surface area contributed by atoms with Gasteiger partial charge in [0.1, 0.15) is 24.2 Å². The van der Waals surface area contributed by atoms with Crippen molar-refractivity contribution < 1.29 is 18.3 Å². The van der Waals surface area contributed by atoms with Crippen molar-refractivity contribution in [3.63, 3.8) is 0 Å². The molecule has 0 radical (unpaired) electrons. The van der Waals surface area contributed by atoms with Crippen molar-refractivity contribution in [3.8, 4) is 23.5 Å². The number of benzene rings is 1. The van der Waals surface area contributed by atoms with Crippen LogP contribution < -0.4 is 9.64 Å². The fourth-order valence-corrected chi connectivity index (χ4v) is 3.63. The minimum Gasteiger partial charge on any atom is -0.485 e. The van der Waals surface area contributed by atoms with Gasteiger partial charge in [0.25, 0.3) is 5.89 Å². The zero-order chi connectivity index (χ0) is 21.3. The molecule has 0 amide bonds. The second kappa shape index (κ2) is 8.25. The van der Waals surface area contributed by atoms with Crippen molar-refractivity contribution in [1.29, 1.82) is 5.26 Å². The lowest BCUT2D eigenvalue weighted by atomic mass is 10.1. The predicted molar refractivity (Wildman–Crippen MR) is 111 cm³/mol. The topological polar surface area (TPSA) is 84.7 Å². The van der Waals surface area contributed by atoms with E-state index in [2.05, 4.69) is 17.1 Å². The maximum Gasteiger partial charge on any atom is 0.266 e. The van der Waals surface area contributed by atoms with Gasteiger partial charge in [0.05, 0.1) is 12.2 Å². The number of furan rings is 1. The van der Waals surface area contributed by atoms with Crippen molar-refractivity contribution in [2.75, 3.05) is 18.0 Å². The number of hydrogen-bond donors (Lipinski definition) is 0. The van der Waals surface area contributed by atoms with Crippen LogP contribution in [0.15, 0.2) is 39.2 Å². The third kappa shape index (κ3) is 4.19. The van der Waals surface area contributed by atoms with Crippen LogP contribution in [-0.4, -0.2) is 30.3 Å². The zero-order valence-corrected chi connectivity index (χ0v) is 17.6. The van der Waals surface area contributed by atoms with Crippen LogP contribution in [0.25, 0.3) is 11.7 Å². The van der Waals surface area contributed by atoms with Crippen LogP contribution in [0.2, 0.25) is 0 Å². The van der Waals surface area contributed by atoms with Crippen LogP contribution >= 0.6 is 0 Å². The molecule has 0 spiro atoms. The SMILES string of the molecule is Cc1ccc(C)c(OCc2ccc(-c3nc(C#N)c(N4C[C@@H](C)O[C@@H](C)C4)o3)o2)c1. The van der Waals surface area contributed by atoms with Crippen LogP contribution in [0.5, 0.6) is 5.75 Å². The molecular formula is C23H25N3O4. The lowest BCUT2D eigenvalue weighted by Gasteiger charge is -2.34. The molecule has 1 aliphatic rings. The number of hydrogen-bond acceptors (Lipinski definition) is 7. The highest BCUT2D eigenvalue weighted by Gasteiger charge is 2.28. The molecule has 1 saturated heterocycles. The van der Waals surface area contributed by atoms with Gasteiger partial charge in [0, 0.05) is 13.1 Å². The summed E-state index contributed by atoms with van der Waals surface area (Å²) in [7, 11) is 0. The predicted octanol–water partition coefficient (Wildman–Crippen LogP) is 4.62. The summed E-state index contributed by atoms with van der Waals surface area (Å²) in [4.78, 5) is 6.34. The largest absolute Gasteiger partial charge is 0.485 e. The number of oxazole rings is 1. The first kappa shape index (κ1) is 20.0. The number of anilines is 1. The van der Waals surface area contributed by atoms with E-state index in [-0.39, 0.29) is 23.8 Å². The Morgan fingerprint density at radius 3 is 2.63 bits per heavy atom. The standard InChI is InChI=1S/C23H25N3O4/c1-14-5-6-15(2)21(9-14)27-13-18-7-8-20(29-18)22-25-19(10-24)23(30-22)26-11-16(3)28-17(4)12-26/h5-9,16-17H,11-13H2,1-4H3/t16-,17+. The quantitative estimate of drug-likeness (QED) is 0.610. The number of nitrogens with zero attached hydrogens (tertiary/aromatic N) is 3. The van der Waals surface area contributed by atoms with Crippen molar-refractivity contribution in [2.24, 2.45) is 0 Å². The van der Waals surface area contributed by atoms with E-state index in [0.717, 1.165) is 16.9 Å². The Morgan fingerprint density at radius 1 is 1.13 bits per heavy atom. The average Bonchev–Trinajstić information content (AvgIpc) is 3.34. The molecule has 0 saturated carbocycles. The van der Waals surface area contributed by atoms with Gasteiger partial charge in [0.15, 0.2) is 5.76 Å². The second-order valence-corrected chi connectivity index (χ2v) is 7.77. The lowest BCUT2D eigenvalue weighted by molar-refractivity contribution is -0.00639. The first-order valence-electron chi connectivity index (χ1n) is 10.0. The van der Waals surface area contributed by atoms with E-state index in [1.165, 1.54) is 0 Å². The molecule has 3 aromatic rings. The molecule has 1 aliphatic heterocycles. The first-order valence-corrected chi connectivity index (χ1v) is 10.0. The van der Waals surface area contributed by atoms with Gasteiger partial charge >= 0.3 is 0 Å². The Balaban J connectivity index is 1.51. The average molecular weight is 407 g/mol. The van der Waals surface area contributed by atoms with Gasteiger partial charge in [-0.25, -0.2) is 0 Å². The molecule has 0 N–H and O–H groups in total. The van der Waals surface area contributed by atoms with Gasteiger partial charge in [0.2, 0.25) is 11.6 Å². The van der Waals surface area contributed by atoms with Gasteiger partial charge in [-0.1, -0.05) is 12.1 Å². The molecule has 7 nitrogen and oxygen atoms in total. The second-order valence-electron chi connectivity index (χ2n) is 7.77. The third-order valence-electron chi connectivity index (χ3n) is 5.01. The number of ether oxygens (including phenoxy) is 2. The zero-order valence-electron chi connectivity index (χ0n) is 17.6. The number of nitriles is 1. The highest BCUT2D eigenvalue weighted by molar-refractivity contribution is 5.56. The van der Waals surface area contributed by atoms with Crippen LogP contribution in [0.1, 0.15) is 36.4 Å². The number of aryl methyl sites for hydroxylation is 2. The van der Waals surface area contributed by atoms with E-state index in [9.17, 15) is 5.26 Å². The van der Waals surface area contributed by atoms with Crippen molar-refractivity contribution in [2.45, 2.75) is 46.5 Å². The van der Waals surface area contributed by atoms with Gasteiger partial charge in [-0.15, -0.1) is 0 Å². The van der Waals surface area contributed by atoms with Gasteiger partial charge < -0.3 is 23.2 Å². The van der Waals surface area contributed by atoms with Crippen LogP contribution in [0, 0.1) is 25.2 Å². The van der Waals surface area contributed by atoms with E-state index in [1.54, 1.807) is 6.07 Å². The van der Waals surface area contributed by atoms with E-state index in [1.807, 2.05) is 50.8 Å². The Morgan fingerprint density at radius 2 is 1.90 bits per heavy atom. The molecule has 7 heteroatoms. The molecule has 3 heterocycles. The number of aromatic nitrogens is 1. The van der Waals surface area contributed by atoms with E-state index < -0.39 is 0 Å². The smallest absolute Gasteiger partial charge is 0.266 e. The maximum atomic E-state index is 9.52. The van der Waals surface area contributed by atoms with Gasteiger partial charge in [-0.2, -0.15) is 10.2 Å². The minimum atomic E-state index is 0.0475. The molecule has 2 aromatic heterocycles. The van der Waals surface area contributed by atoms with E-state index in [4.69, 9.17) is 18.3 Å². The van der Waals surface area contributed by atoms with E-state index >= 15 is 0 Å². The first-order chi connectivity index (χ1) is 14.4. The van der Waals surface area contributed by atoms with Crippen LogP contribution in [-0.2, 0) is 11.3 Å². The summed E-state index contributed by atoms with van der Waals surface area (Å²) in [6.07, 6.45) is 0.0950. The highest BCUT2D eigenvalue weighted by Crippen LogP contribution is 2.31. The highest BCUT2D eigenvalue weighted by atomic mass is 16.5. The molecule has 0 unspecified atom stereocenters. The summed E-state index contributed by atoms with van der Waals surface area (Å²) in [5.41, 5.74) is 2.45. The van der Waals surface area contributed by atoms with Gasteiger partial charge in [-0.05, 0) is 57.0 Å². The summed E-state index contributed by atoms with van der Waals surface area (Å²) in [6, 6.07) is 11.8. The third-order valence-corrected chi connectivity index (χ3v) is 5.01. The van der Waals surface area contributed by atoms with Crippen LogP contribution in [0.3, 0.4) is 0 Å². The molecule has 4 rings (SSSR count). The fraction of sp³-hybridized carbons (Fsp3) is 0.391. The summed E-state index contributed by atoms with van der Waals surface area (Å²) in [5, 5.41) is 9.52. The summed E-state index contributed by atoms with van der Waals surface area (Å²) >= 11 is 0. The maximum absolute atomic E-state index is 9.52. The molecule has 0 aliphatic carbocycles. The molecule has 0 bridgehead atoms. The number of rotatable bonds is 5. The lowest BCUT2D eigenvalue weighted by Crippen LogP contribution is -2.45. The Kier molecular flexibility index (Phi) is 5.51. The summed E-state index contributed by atoms with van der Waals surface area (Å²) in [6.45, 7) is 9.61. The summed E-state index contributed by atoms with van der Waals surface area (Å²) in [5.74, 6) is 2.68. The number of morpholine rings is 1. The van der Waals surface area contributed by atoms with Crippen molar-refractivity contribution >= 4 is 5.88 Å². The molecule has 30 heavy (non-hydrogen) atoms. The normalized spacial score (nSPS) is 19.0. The van der Waals surface area contributed by atoms with Crippen LogP contribution in [0.4, 0.5) is 5.88 Å². The Labute approximate surface area is 175 Å². The monoisotopic (exact) mass is 407 g/mol. The molecule has 156 valence electrons. The van der Waals surface area contributed by atoms with Crippen molar-refractivity contribution in [3.05, 3.63) is 52.9 Å². The fourth-order valence-electron chi connectivity index (χ4n) is 3.63. The minimum absolute atomic E-state index is 0.0475. The Bertz CT molecular complexity index is 1070. The summed E-state index contributed by atoms with van der Waals surface area (Å²) < 4.78 is 23.5. The molecule has 1 aromatic carbocycles. The van der Waals surface area contributed by atoms with E-state index in [0.29, 0.717) is 37.1 Å². The molecule has 1 fully saturated rings. The van der Waals surface area contributed by atoms with Crippen molar-refractivity contribution in [1.82, 2.24) is 4.98 Å². The van der Waals surface area contributed by atoms with Gasteiger partial charge in [-0.3, -0.25) is 0 Å². The molecular weight excluding hydrogens is 382 g/mol.